The second-order valence-electron chi connectivity index (χ2n) is 1.42. The summed E-state index contributed by atoms with van der Waals surface area (Å²) >= 11 is 0. The summed E-state index contributed by atoms with van der Waals surface area (Å²) in [5, 5.41) is 8.04. The van der Waals surface area contributed by atoms with Gasteiger partial charge in [0.2, 0.25) is 0 Å². The van der Waals surface area contributed by atoms with E-state index in [0.29, 0.717) is 0 Å². The minimum absolute atomic E-state index is 0. The number of hydrogen-bond acceptors (Lipinski definition) is 3. The first kappa shape index (κ1) is 12.9. The van der Waals surface area contributed by atoms with Crippen LogP contribution in [0.5, 0.6) is 0 Å². The van der Waals surface area contributed by atoms with Gasteiger partial charge in [-0.05, 0) is 6.92 Å². The Balaban J connectivity index is 0. The normalized spacial score (nSPS) is 8.82. The Labute approximate surface area is 77.0 Å². The summed E-state index contributed by atoms with van der Waals surface area (Å²) in [5.74, 6) is -1.79. The summed E-state index contributed by atoms with van der Waals surface area (Å²) in [6.45, 7) is 1.90. The van der Waals surface area contributed by atoms with Crippen LogP contribution >= 0.6 is 0 Å². The van der Waals surface area contributed by atoms with Gasteiger partial charge in [0.05, 0.1) is 6.61 Å². The van der Waals surface area contributed by atoms with Gasteiger partial charge >= 0.3 is 31.4 Å². The van der Waals surface area contributed by atoms with Crippen LogP contribution in [0.15, 0.2) is 12.2 Å². The van der Waals surface area contributed by atoms with Crippen LogP contribution in [0, 0.1) is 0 Å². The van der Waals surface area contributed by atoms with Crippen molar-refractivity contribution in [1.29, 1.82) is 0 Å². The summed E-state index contributed by atoms with van der Waals surface area (Å²) in [6.07, 6.45) is 1.60. The summed E-state index contributed by atoms with van der Waals surface area (Å²) in [5.41, 5.74) is 0. The molecular formula is C6H8O4Zn+2. The van der Waals surface area contributed by atoms with Gasteiger partial charge in [0, 0.05) is 12.2 Å². The average Bonchev–Trinajstić information content (AvgIpc) is 1.85. The van der Waals surface area contributed by atoms with Gasteiger partial charge in [-0.2, -0.15) is 0 Å². The van der Waals surface area contributed by atoms with Crippen molar-refractivity contribution >= 4 is 11.9 Å². The largest absolute Gasteiger partial charge is 2.00 e. The molecule has 0 radical (unpaired) electrons. The third-order valence-electron chi connectivity index (χ3n) is 0.649. The van der Waals surface area contributed by atoms with E-state index < -0.39 is 11.9 Å². The van der Waals surface area contributed by atoms with E-state index in [4.69, 9.17) is 5.11 Å². The number of rotatable bonds is 3. The van der Waals surface area contributed by atoms with Crippen molar-refractivity contribution in [3.8, 4) is 0 Å². The van der Waals surface area contributed by atoms with Gasteiger partial charge in [0.1, 0.15) is 0 Å². The number of ether oxygens (including phenoxy) is 1. The third kappa shape index (κ3) is 9.30. The van der Waals surface area contributed by atoms with Crippen molar-refractivity contribution in [2.75, 3.05) is 6.61 Å². The van der Waals surface area contributed by atoms with E-state index in [1.165, 1.54) is 0 Å². The minimum Gasteiger partial charge on any atom is -0.478 e. The molecule has 0 aliphatic carbocycles. The standard InChI is InChI=1S/C6H8O4.Zn/c1-2-10-6(9)4-3-5(7)8;/h3-4H,2H2,1H3,(H,7,8);/q;+2/b4-3+;. The van der Waals surface area contributed by atoms with E-state index in [-0.39, 0.29) is 26.1 Å². The van der Waals surface area contributed by atoms with Crippen molar-refractivity contribution in [3.63, 3.8) is 0 Å². The van der Waals surface area contributed by atoms with Gasteiger partial charge in [-0.1, -0.05) is 0 Å². The molecule has 0 spiro atoms. The molecule has 0 bridgehead atoms. The Bertz CT molecular complexity index is 164. The number of carbonyl (C=O) groups is 2. The van der Waals surface area contributed by atoms with Crippen molar-refractivity contribution in [2.24, 2.45) is 0 Å². The Morgan fingerprint density at radius 3 is 2.36 bits per heavy atom. The van der Waals surface area contributed by atoms with E-state index in [0.717, 1.165) is 12.2 Å². The van der Waals surface area contributed by atoms with Crippen LogP contribution in [0.1, 0.15) is 6.92 Å². The Morgan fingerprint density at radius 1 is 1.45 bits per heavy atom. The maximum Gasteiger partial charge on any atom is 2.00 e. The Morgan fingerprint density at radius 2 is 2.00 bits per heavy atom. The fourth-order valence-corrected chi connectivity index (χ4v) is 0.330. The monoisotopic (exact) mass is 208 g/mol. The molecule has 1 N–H and O–H groups in total. The molecule has 0 heterocycles. The van der Waals surface area contributed by atoms with Gasteiger partial charge < -0.3 is 9.84 Å². The van der Waals surface area contributed by atoms with Gasteiger partial charge in [-0.25, -0.2) is 9.59 Å². The van der Waals surface area contributed by atoms with E-state index in [1.807, 2.05) is 0 Å². The molecule has 0 amide bonds. The molecule has 0 aromatic heterocycles. The second-order valence-corrected chi connectivity index (χ2v) is 1.42. The van der Waals surface area contributed by atoms with Crippen LogP contribution in [-0.2, 0) is 33.8 Å². The van der Waals surface area contributed by atoms with Crippen molar-refractivity contribution in [2.45, 2.75) is 6.92 Å². The average molecular weight is 210 g/mol. The summed E-state index contributed by atoms with van der Waals surface area (Å²) in [7, 11) is 0. The summed E-state index contributed by atoms with van der Waals surface area (Å²) < 4.78 is 4.40. The Hall–Kier alpha value is -0.697. The molecule has 0 atom stereocenters. The van der Waals surface area contributed by atoms with Crippen molar-refractivity contribution < 1.29 is 38.9 Å². The van der Waals surface area contributed by atoms with Crippen LogP contribution in [0.4, 0.5) is 0 Å². The molecule has 0 aromatic carbocycles. The molecule has 0 aliphatic rings. The van der Waals surface area contributed by atoms with Gasteiger partial charge in [-0.3, -0.25) is 0 Å². The van der Waals surface area contributed by atoms with E-state index in [1.54, 1.807) is 6.92 Å². The quantitative estimate of drug-likeness (QED) is 0.409. The number of aliphatic carboxylic acids is 1. The Kier molecular flexibility index (Phi) is 8.71. The van der Waals surface area contributed by atoms with Gasteiger partial charge in [-0.15, -0.1) is 0 Å². The maximum atomic E-state index is 10.4. The van der Waals surface area contributed by atoms with Crippen LogP contribution in [0.2, 0.25) is 0 Å². The molecule has 0 aromatic rings. The zero-order chi connectivity index (χ0) is 7.98. The van der Waals surface area contributed by atoms with Gasteiger partial charge in [0.25, 0.3) is 0 Å². The van der Waals surface area contributed by atoms with Gasteiger partial charge in [0.15, 0.2) is 0 Å². The minimum atomic E-state index is -1.16. The first-order valence-electron chi connectivity index (χ1n) is 2.74. The summed E-state index contributed by atoms with van der Waals surface area (Å²) in [6, 6.07) is 0. The molecule has 4 nitrogen and oxygen atoms in total. The molecule has 5 heteroatoms. The first-order chi connectivity index (χ1) is 4.66. The zero-order valence-electron chi connectivity index (χ0n) is 6.24. The third-order valence-corrected chi connectivity index (χ3v) is 0.649. The fraction of sp³-hybridized carbons (Fsp3) is 0.333. The van der Waals surface area contributed by atoms with Crippen LogP contribution in [0.25, 0.3) is 0 Å². The van der Waals surface area contributed by atoms with Crippen LogP contribution in [0.3, 0.4) is 0 Å². The molecule has 0 unspecified atom stereocenters. The van der Waals surface area contributed by atoms with Crippen LogP contribution in [-0.4, -0.2) is 23.7 Å². The molecule has 11 heavy (non-hydrogen) atoms. The second kappa shape index (κ2) is 7.41. The SMILES string of the molecule is CCOC(=O)/C=C/C(=O)O.[Zn+2]. The van der Waals surface area contributed by atoms with Crippen LogP contribution < -0.4 is 0 Å². The first-order valence-corrected chi connectivity index (χ1v) is 2.74. The number of hydrogen-bond donors (Lipinski definition) is 1. The number of carboxylic acids is 1. The van der Waals surface area contributed by atoms with E-state index in [2.05, 4.69) is 4.74 Å². The number of esters is 1. The molecule has 0 rings (SSSR count). The molecule has 0 saturated carbocycles. The number of carbonyl (C=O) groups excluding carboxylic acids is 1. The molecular weight excluding hydrogens is 201 g/mol. The zero-order valence-corrected chi connectivity index (χ0v) is 9.21. The molecule has 0 fully saturated rings. The van der Waals surface area contributed by atoms with E-state index in [9.17, 15) is 9.59 Å². The molecule has 0 aliphatic heterocycles. The van der Waals surface area contributed by atoms with Crippen molar-refractivity contribution in [1.82, 2.24) is 0 Å². The molecule has 0 saturated heterocycles. The molecule has 56 valence electrons. The predicted octanol–water partition coefficient (Wildman–Crippen LogP) is 0.188. The predicted molar refractivity (Wildman–Crippen MR) is 33.4 cm³/mol. The van der Waals surface area contributed by atoms with E-state index >= 15 is 0 Å². The number of carboxylic acid groups (broad SMARTS) is 1. The van der Waals surface area contributed by atoms with Crippen molar-refractivity contribution in [3.05, 3.63) is 12.2 Å². The summed E-state index contributed by atoms with van der Waals surface area (Å²) in [4.78, 5) is 20.2. The maximum absolute atomic E-state index is 10.4. The smallest absolute Gasteiger partial charge is 0.478 e. The topological polar surface area (TPSA) is 63.6 Å². The fourth-order valence-electron chi connectivity index (χ4n) is 0.330.